The molecule has 0 saturated carbocycles. The molecule has 0 saturated heterocycles. The summed E-state index contributed by atoms with van der Waals surface area (Å²) in [6.07, 6.45) is 0.247. The average molecular weight is 383 g/mol. The Morgan fingerprint density at radius 2 is 1.59 bits per heavy atom. The Labute approximate surface area is 162 Å². The molecule has 1 heterocycles. The zero-order valence-electron chi connectivity index (χ0n) is 14.6. The van der Waals surface area contributed by atoms with Crippen molar-refractivity contribution in [2.24, 2.45) is 0 Å². The van der Waals surface area contributed by atoms with Gasteiger partial charge in [0.25, 0.3) is 0 Å². The van der Waals surface area contributed by atoms with Crippen molar-refractivity contribution >= 4 is 23.4 Å². The number of hydrogen-bond donors (Lipinski definition) is 2. The lowest BCUT2D eigenvalue weighted by Crippen LogP contribution is -2.37. The minimum atomic E-state index is -0.277. The quantitative estimate of drug-likeness (QED) is 0.656. The van der Waals surface area contributed by atoms with E-state index in [1.54, 1.807) is 18.2 Å². The average Bonchev–Trinajstić information content (AvgIpc) is 3.15. The van der Waals surface area contributed by atoms with Crippen LogP contribution in [0.2, 0.25) is 5.02 Å². The third kappa shape index (κ3) is 5.72. The van der Waals surface area contributed by atoms with Gasteiger partial charge in [-0.2, -0.15) is 0 Å². The van der Waals surface area contributed by atoms with Crippen LogP contribution >= 0.6 is 11.6 Å². The van der Waals surface area contributed by atoms with Crippen molar-refractivity contribution in [1.29, 1.82) is 0 Å². The van der Waals surface area contributed by atoms with Gasteiger partial charge >= 0.3 is 0 Å². The Morgan fingerprint density at radius 3 is 2.33 bits per heavy atom. The van der Waals surface area contributed by atoms with Gasteiger partial charge < -0.3 is 15.1 Å². The highest BCUT2D eigenvalue weighted by Gasteiger charge is 2.09. The van der Waals surface area contributed by atoms with Crippen LogP contribution in [0, 0.1) is 0 Å². The largest absolute Gasteiger partial charge is 0.459 e. The molecule has 2 N–H and O–H groups in total. The summed E-state index contributed by atoms with van der Waals surface area (Å²) in [7, 11) is 0. The molecule has 0 atom stereocenters. The van der Waals surface area contributed by atoms with Crippen molar-refractivity contribution in [2.75, 3.05) is 6.54 Å². The molecule has 0 bridgehead atoms. The molecule has 5 nitrogen and oxygen atoms in total. The zero-order valence-corrected chi connectivity index (χ0v) is 15.3. The second-order valence-electron chi connectivity index (χ2n) is 5.99. The first-order valence-electron chi connectivity index (χ1n) is 8.52. The van der Waals surface area contributed by atoms with Gasteiger partial charge in [0.1, 0.15) is 11.5 Å². The number of benzene rings is 2. The molecule has 0 aliphatic rings. The fraction of sp³-hybridized carbons (Fsp3) is 0.143. The lowest BCUT2D eigenvalue weighted by atomic mass is 10.1. The van der Waals surface area contributed by atoms with Crippen LogP contribution in [-0.4, -0.2) is 18.4 Å². The Morgan fingerprint density at radius 1 is 0.852 bits per heavy atom. The molecule has 2 aromatic carbocycles. The number of halogens is 1. The highest BCUT2D eigenvalue weighted by atomic mass is 35.5. The highest BCUT2D eigenvalue weighted by molar-refractivity contribution is 6.30. The molecule has 3 aromatic rings. The van der Waals surface area contributed by atoms with Crippen LogP contribution < -0.4 is 10.6 Å². The molecule has 6 heteroatoms. The van der Waals surface area contributed by atoms with Crippen LogP contribution in [0.4, 0.5) is 0 Å². The monoisotopic (exact) mass is 382 g/mol. The van der Waals surface area contributed by atoms with Gasteiger partial charge in [0, 0.05) is 10.6 Å². The summed E-state index contributed by atoms with van der Waals surface area (Å²) < 4.78 is 5.72. The Bertz CT molecular complexity index is 905. The molecular formula is C21H19ClN2O3. The molecule has 0 aliphatic carbocycles. The van der Waals surface area contributed by atoms with E-state index in [0.717, 1.165) is 11.1 Å². The molecular weight excluding hydrogens is 364 g/mol. The van der Waals surface area contributed by atoms with Gasteiger partial charge in [-0.1, -0.05) is 41.9 Å². The van der Waals surface area contributed by atoms with Crippen molar-refractivity contribution in [3.63, 3.8) is 0 Å². The van der Waals surface area contributed by atoms with E-state index in [4.69, 9.17) is 16.0 Å². The first kappa shape index (κ1) is 18.7. The van der Waals surface area contributed by atoms with Crippen LogP contribution in [0.3, 0.4) is 0 Å². The van der Waals surface area contributed by atoms with E-state index in [0.29, 0.717) is 16.5 Å². The number of nitrogens with one attached hydrogen (secondary N) is 2. The maximum absolute atomic E-state index is 11.9. The number of carbonyl (C=O) groups excluding carboxylic acids is 2. The summed E-state index contributed by atoms with van der Waals surface area (Å²) >= 11 is 5.88. The predicted octanol–water partition coefficient (Wildman–Crippen LogP) is 3.58. The Kier molecular flexibility index (Phi) is 6.28. The molecule has 3 rings (SSSR count). The topological polar surface area (TPSA) is 71.3 Å². The Hall–Kier alpha value is -3.05. The molecule has 0 fully saturated rings. The summed E-state index contributed by atoms with van der Waals surface area (Å²) in [6.45, 7) is 0.178. The van der Waals surface area contributed by atoms with Crippen LogP contribution in [0.5, 0.6) is 0 Å². The zero-order chi connectivity index (χ0) is 19.1. The number of carbonyl (C=O) groups is 2. The SMILES string of the molecule is O=C(CNC(=O)Cc1ccccc1)NCc1ccc(-c2ccc(Cl)cc2)o1. The number of amides is 2. The smallest absolute Gasteiger partial charge is 0.239 e. The summed E-state index contributed by atoms with van der Waals surface area (Å²) in [4.78, 5) is 23.8. The van der Waals surface area contributed by atoms with E-state index in [1.807, 2.05) is 48.5 Å². The predicted molar refractivity (Wildman–Crippen MR) is 104 cm³/mol. The standard InChI is InChI=1S/C21H19ClN2O3/c22-17-8-6-16(7-9-17)19-11-10-18(27-19)13-23-21(26)14-24-20(25)12-15-4-2-1-3-5-15/h1-11H,12-14H2,(H,23,26)(H,24,25). The number of rotatable bonds is 7. The molecule has 27 heavy (non-hydrogen) atoms. The van der Waals surface area contributed by atoms with Gasteiger partial charge in [-0.15, -0.1) is 0 Å². The van der Waals surface area contributed by atoms with Crippen LogP contribution in [0.25, 0.3) is 11.3 Å². The number of furan rings is 1. The van der Waals surface area contributed by atoms with Crippen LogP contribution in [0.1, 0.15) is 11.3 Å². The summed E-state index contributed by atoms with van der Waals surface area (Å²) in [6, 6.07) is 20.3. The molecule has 0 aliphatic heterocycles. The van der Waals surface area contributed by atoms with E-state index in [9.17, 15) is 9.59 Å². The normalized spacial score (nSPS) is 10.4. The maximum atomic E-state index is 11.9. The van der Waals surface area contributed by atoms with E-state index in [-0.39, 0.29) is 31.3 Å². The van der Waals surface area contributed by atoms with Gasteiger partial charge in [0.05, 0.1) is 19.5 Å². The first-order valence-corrected chi connectivity index (χ1v) is 8.90. The molecule has 138 valence electrons. The van der Waals surface area contributed by atoms with Crippen LogP contribution in [-0.2, 0) is 22.6 Å². The second kappa shape index (κ2) is 9.05. The lowest BCUT2D eigenvalue weighted by Gasteiger charge is -2.06. The van der Waals surface area contributed by atoms with E-state index >= 15 is 0 Å². The number of hydrogen-bond acceptors (Lipinski definition) is 3. The van der Waals surface area contributed by atoms with Crippen molar-refractivity contribution < 1.29 is 14.0 Å². The minimum absolute atomic E-state index is 0.0730. The summed E-state index contributed by atoms with van der Waals surface area (Å²) in [5.41, 5.74) is 1.81. The van der Waals surface area contributed by atoms with Crippen molar-refractivity contribution in [2.45, 2.75) is 13.0 Å². The first-order chi connectivity index (χ1) is 13.1. The fourth-order valence-corrected chi connectivity index (χ4v) is 2.64. The lowest BCUT2D eigenvalue weighted by molar-refractivity contribution is -0.125. The van der Waals surface area contributed by atoms with E-state index in [2.05, 4.69) is 10.6 Å². The molecule has 2 amide bonds. The van der Waals surface area contributed by atoms with Crippen LogP contribution in [0.15, 0.2) is 71.1 Å². The molecule has 0 radical (unpaired) electrons. The maximum Gasteiger partial charge on any atom is 0.239 e. The fourth-order valence-electron chi connectivity index (χ4n) is 2.51. The third-order valence-electron chi connectivity index (χ3n) is 3.90. The van der Waals surface area contributed by atoms with Gasteiger partial charge in [0.2, 0.25) is 11.8 Å². The minimum Gasteiger partial charge on any atom is -0.459 e. The van der Waals surface area contributed by atoms with Gasteiger partial charge in [-0.3, -0.25) is 9.59 Å². The second-order valence-corrected chi connectivity index (χ2v) is 6.43. The molecule has 0 spiro atoms. The molecule has 0 unspecified atom stereocenters. The van der Waals surface area contributed by atoms with Gasteiger partial charge in [0.15, 0.2) is 0 Å². The highest BCUT2D eigenvalue weighted by Crippen LogP contribution is 2.23. The van der Waals surface area contributed by atoms with Crippen molar-refractivity contribution in [3.8, 4) is 11.3 Å². The van der Waals surface area contributed by atoms with Crippen molar-refractivity contribution in [3.05, 3.63) is 83.1 Å². The third-order valence-corrected chi connectivity index (χ3v) is 4.16. The van der Waals surface area contributed by atoms with E-state index in [1.165, 1.54) is 0 Å². The van der Waals surface area contributed by atoms with E-state index < -0.39 is 0 Å². The van der Waals surface area contributed by atoms with Crippen molar-refractivity contribution in [1.82, 2.24) is 10.6 Å². The summed E-state index contributed by atoms with van der Waals surface area (Å²) in [5.74, 6) is 0.858. The molecule has 1 aromatic heterocycles. The Balaban J connectivity index is 1.43. The van der Waals surface area contributed by atoms with Gasteiger partial charge in [-0.05, 0) is 42.0 Å². The summed E-state index contributed by atoms with van der Waals surface area (Å²) in [5, 5.41) is 5.99. The van der Waals surface area contributed by atoms with Gasteiger partial charge in [-0.25, -0.2) is 0 Å².